The lowest BCUT2D eigenvalue weighted by Crippen LogP contribution is -2.56. The van der Waals surface area contributed by atoms with Gasteiger partial charge >= 0.3 is 0 Å². The van der Waals surface area contributed by atoms with Crippen LogP contribution < -0.4 is 15.4 Å². The number of aliphatic hydroxyl groups excluding tert-OH is 1. The third-order valence-electron chi connectivity index (χ3n) is 5.47. The fourth-order valence-corrected chi connectivity index (χ4v) is 3.66. The predicted octanol–water partition coefficient (Wildman–Crippen LogP) is 2.00. The highest BCUT2D eigenvalue weighted by molar-refractivity contribution is 6.09. The molecule has 1 aromatic carbocycles. The van der Waals surface area contributed by atoms with Gasteiger partial charge in [-0.1, -0.05) is 6.07 Å². The Bertz CT molecular complexity index is 1120. The normalized spacial score (nSPS) is 18.4. The monoisotopic (exact) mass is 409 g/mol. The molecule has 1 unspecified atom stereocenters. The zero-order chi connectivity index (χ0) is 21.3. The molecule has 3 heterocycles. The number of benzene rings is 1. The van der Waals surface area contributed by atoms with Gasteiger partial charge in [0.25, 0.3) is 5.91 Å². The first kappa shape index (κ1) is 19.9. The van der Waals surface area contributed by atoms with Crippen molar-refractivity contribution >= 4 is 22.8 Å². The Morgan fingerprint density at radius 1 is 1.37 bits per heavy atom. The summed E-state index contributed by atoms with van der Waals surface area (Å²) < 4.78 is 11.6. The molecule has 8 nitrogen and oxygen atoms in total. The highest BCUT2D eigenvalue weighted by atomic mass is 16.5. The number of aromatic nitrogens is 1. The molecule has 0 saturated carbocycles. The van der Waals surface area contributed by atoms with Crippen molar-refractivity contribution in [1.29, 1.82) is 0 Å². The Balaban J connectivity index is 1.61. The second kappa shape index (κ2) is 7.79. The first-order valence-corrected chi connectivity index (χ1v) is 9.71. The van der Waals surface area contributed by atoms with Crippen LogP contribution in [0.1, 0.15) is 33.8 Å². The molecule has 1 saturated heterocycles. The van der Waals surface area contributed by atoms with Crippen LogP contribution in [0.25, 0.3) is 11.0 Å². The first-order valence-electron chi connectivity index (χ1n) is 9.71. The fourth-order valence-electron chi connectivity index (χ4n) is 3.66. The number of hydrogen-bond donors (Lipinski definition) is 3. The van der Waals surface area contributed by atoms with Gasteiger partial charge in [-0.25, -0.2) is 0 Å². The highest BCUT2D eigenvalue weighted by Crippen LogP contribution is 2.30. The van der Waals surface area contributed by atoms with Crippen molar-refractivity contribution in [1.82, 2.24) is 15.6 Å². The minimum absolute atomic E-state index is 0.320. The van der Waals surface area contributed by atoms with E-state index in [2.05, 4.69) is 15.6 Å². The van der Waals surface area contributed by atoms with Gasteiger partial charge in [0.05, 0.1) is 12.2 Å². The number of aryl methyl sites for hydroxylation is 2. The number of carbonyl (C=O) groups excluding carboxylic acids is 2. The van der Waals surface area contributed by atoms with Gasteiger partial charge in [0.2, 0.25) is 5.91 Å². The summed E-state index contributed by atoms with van der Waals surface area (Å²) in [6.45, 7) is 3.88. The SMILES string of the molecule is Cc1ncccc1COc1ccc2oc(C)c(C(=O)NC3(CO)CCNC3=O)c2c1. The summed E-state index contributed by atoms with van der Waals surface area (Å²) in [5, 5.41) is 15.7. The molecule has 2 amide bonds. The molecule has 3 aromatic rings. The molecule has 1 atom stereocenters. The van der Waals surface area contributed by atoms with E-state index in [1.54, 1.807) is 31.3 Å². The Morgan fingerprint density at radius 3 is 2.90 bits per heavy atom. The van der Waals surface area contributed by atoms with Gasteiger partial charge in [-0.2, -0.15) is 0 Å². The molecule has 0 radical (unpaired) electrons. The van der Waals surface area contributed by atoms with Gasteiger partial charge in [0.1, 0.15) is 29.2 Å². The molecule has 2 aromatic heterocycles. The van der Waals surface area contributed by atoms with Gasteiger partial charge in [0.15, 0.2) is 0 Å². The van der Waals surface area contributed by atoms with E-state index in [-0.39, 0.29) is 5.91 Å². The van der Waals surface area contributed by atoms with Crippen molar-refractivity contribution in [3.63, 3.8) is 0 Å². The van der Waals surface area contributed by atoms with Crippen LogP contribution in [-0.4, -0.2) is 40.6 Å². The topological polar surface area (TPSA) is 114 Å². The van der Waals surface area contributed by atoms with E-state index in [0.717, 1.165) is 11.3 Å². The lowest BCUT2D eigenvalue weighted by Gasteiger charge is -2.24. The van der Waals surface area contributed by atoms with Crippen molar-refractivity contribution in [3.05, 3.63) is 59.1 Å². The van der Waals surface area contributed by atoms with Crippen LogP contribution in [0.15, 0.2) is 40.9 Å². The average Bonchev–Trinajstić information content (AvgIpc) is 3.26. The summed E-state index contributed by atoms with van der Waals surface area (Å²) in [7, 11) is 0. The molecule has 4 rings (SSSR count). The number of pyridine rings is 1. The fraction of sp³-hybridized carbons (Fsp3) is 0.318. The summed E-state index contributed by atoms with van der Waals surface area (Å²) >= 11 is 0. The minimum Gasteiger partial charge on any atom is -0.489 e. The average molecular weight is 409 g/mol. The van der Waals surface area contributed by atoms with Gasteiger partial charge in [-0.05, 0) is 44.5 Å². The lowest BCUT2D eigenvalue weighted by atomic mass is 9.97. The number of nitrogens with one attached hydrogen (secondary N) is 2. The molecule has 3 N–H and O–H groups in total. The van der Waals surface area contributed by atoms with E-state index in [1.807, 2.05) is 19.1 Å². The number of nitrogens with zero attached hydrogens (tertiary/aromatic N) is 1. The second-order valence-electron chi connectivity index (χ2n) is 7.43. The number of fused-ring (bicyclic) bond motifs is 1. The maximum atomic E-state index is 13.0. The Kier molecular flexibility index (Phi) is 5.17. The van der Waals surface area contributed by atoms with Crippen molar-refractivity contribution in [2.24, 2.45) is 0 Å². The standard InChI is InChI=1S/C22H23N3O5/c1-13-15(4-3-8-23-13)11-29-16-5-6-18-17(10-16)19(14(2)30-18)20(27)25-22(12-26)7-9-24-21(22)28/h3-6,8,10,26H,7,9,11-12H2,1-2H3,(H,24,28)(H,25,27). The number of aliphatic hydroxyl groups is 1. The third kappa shape index (κ3) is 3.50. The van der Waals surface area contributed by atoms with Crippen LogP contribution in [0, 0.1) is 13.8 Å². The largest absolute Gasteiger partial charge is 0.489 e. The van der Waals surface area contributed by atoms with E-state index < -0.39 is 18.1 Å². The third-order valence-corrected chi connectivity index (χ3v) is 5.47. The van der Waals surface area contributed by atoms with Crippen LogP contribution in [0.2, 0.25) is 0 Å². The Morgan fingerprint density at radius 2 is 2.20 bits per heavy atom. The molecule has 0 spiro atoms. The molecular formula is C22H23N3O5. The maximum Gasteiger partial charge on any atom is 0.256 e. The molecule has 1 aliphatic heterocycles. The summed E-state index contributed by atoms with van der Waals surface area (Å²) in [5.74, 6) is 0.141. The number of carbonyl (C=O) groups is 2. The van der Waals surface area contributed by atoms with Crippen LogP contribution in [0.4, 0.5) is 0 Å². The van der Waals surface area contributed by atoms with E-state index in [1.165, 1.54) is 0 Å². The molecule has 0 bridgehead atoms. The van der Waals surface area contributed by atoms with Crippen molar-refractivity contribution < 1.29 is 23.8 Å². The Labute approximate surface area is 173 Å². The van der Waals surface area contributed by atoms with Crippen molar-refractivity contribution in [2.75, 3.05) is 13.2 Å². The summed E-state index contributed by atoms with van der Waals surface area (Å²) in [6.07, 6.45) is 2.05. The van der Waals surface area contributed by atoms with Gasteiger partial charge in [-0.3, -0.25) is 14.6 Å². The minimum atomic E-state index is -1.32. The molecule has 0 aliphatic carbocycles. The first-order chi connectivity index (χ1) is 14.4. The predicted molar refractivity (Wildman–Crippen MR) is 109 cm³/mol. The van der Waals surface area contributed by atoms with Crippen LogP contribution >= 0.6 is 0 Å². The molecule has 156 valence electrons. The maximum absolute atomic E-state index is 13.0. The summed E-state index contributed by atoms with van der Waals surface area (Å²) in [4.78, 5) is 29.4. The highest BCUT2D eigenvalue weighted by Gasteiger charge is 2.44. The van der Waals surface area contributed by atoms with E-state index in [9.17, 15) is 14.7 Å². The van der Waals surface area contributed by atoms with Gasteiger partial charge in [-0.15, -0.1) is 0 Å². The van der Waals surface area contributed by atoms with Gasteiger partial charge < -0.3 is 24.9 Å². The van der Waals surface area contributed by atoms with Crippen LogP contribution in [0.5, 0.6) is 5.75 Å². The van der Waals surface area contributed by atoms with E-state index >= 15 is 0 Å². The number of ether oxygens (including phenoxy) is 1. The van der Waals surface area contributed by atoms with Crippen LogP contribution in [0.3, 0.4) is 0 Å². The second-order valence-corrected chi connectivity index (χ2v) is 7.43. The molecule has 30 heavy (non-hydrogen) atoms. The summed E-state index contributed by atoms with van der Waals surface area (Å²) in [6, 6.07) is 9.06. The number of hydrogen-bond acceptors (Lipinski definition) is 6. The van der Waals surface area contributed by atoms with Crippen molar-refractivity contribution in [2.45, 2.75) is 32.4 Å². The summed E-state index contributed by atoms with van der Waals surface area (Å²) in [5.41, 5.74) is 1.40. The molecule has 8 heteroatoms. The zero-order valence-electron chi connectivity index (χ0n) is 16.8. The zero-order valence-corrected chi connectivity index (χ0v) is 16.8. The van der Waals surface area contributed by atoms with E-state index in [0.29, 0.717) is 47.6 Å². The molecular weight excluding hydrogens is 386 g/mol. The Hall–Kier alpha value is -3.39. The lowest BCUT2D eigenvalue weighted by molar-refractivity contribution is -0.125. The van der Waals surface area contributed by atoms with Crippen molar-refractivity contribution in [3.8, 4) is 5.75 Å². The van der Waals surface area contributed by atoms with E-state index in [4.69, 9.17) is 9.15 Å². The number of rotatable bonds is 6. The quantitative estimate of drug-likeness (QED) is 0.574. The number of furan rings is 1. The molecule has 1 aliphatic rings. The molecule has 1 fully saturated rings. The van der Waals surface area contributed by atoms with Crippen LogP contribution in [-0.2, 0) is 11.4 Å². The number of amides is 2. The van der Waals surface area contributed by atoms with Gasteiger partial charge in [0, 0.05) is 29.4 Å². The smallest absolute Gasteiger partial charge is 0.256 e.